The van der Waals surface area contributed by atoms with Gasteiger partial charge in [0.15, 0.2) is 0 Å². The average Bonchev–Trinajstić information content (AvgIpc) is 2.72. The molecule has 0 spiro atoms. The van der Waals surface area contributed by atoms with E-state index in [4.69, 9.17) is 9.47 Å². The third-order valence-electron chi connectivity index (χ3n) is 5.18. The zero-order valence-corrected chi connectivity index (χ0v) is 16.3. The molecule has 28 heavy (non-hydrogen) atoms. The van der Waals surface area contributed by atoms with Gasteiger partial charge in [-0.2, -0.15) is 0 Å². The Kier molecular flexibility index (Phi) is 6.46. The maximum atomic E-state index is 12.9. The van der Waals surface area contributed by atoms with E-state index in [9.17, 15) is 14.4 Å². The van der Waals surface area contributed by atoms with Gasteiger partial charge in [0.1, 0.15) is 6.54 Å². The molecular weight excluding hydrogens is 360 g/mol. The number of esters is 1. The van der Waals surface area contributed by atoms with Crippen LogP contribution in [0.25, 0.3) is 0 Å². The number of nitrogens with zero attached hydrogens (tertiary/aromatic N) is 2. The zero-order chi connectivity index (χ0) is 20.1. The van der Waals surface area contributed by atoms with E-state index in [0.29, 0.717) is 37.6 Å². The summed E-state index contributed by atoms with van der Waals surface area (Å²) in [6.07, 6.45) is 0.131. The van der Waals surface area contributed by atoms with Crippen LogP contribution in [0, 0.1) is 0 Å². The Morgan fingerprint density at radius 1 is 1.18 bits per heavy atom. The number of ether oxygens (including phenoxy) is 2. The molecule has 1 fully saturated rings. The Bertz CT molecular complexity index is 768. The van der Waals surface area contributed by atoms with Gasteiger partial charge < -0.3 is 19.3 Å². The lowest BCUT2D eigenvalue weighted by Gasteiger charge is -2.35. The molecule has 0 aromatic heterocycles. The highest BCUT2D eigenvalue weighted by atomic mass is 16.5. The maximum Gasteiger partial charge on any atom is 0.336 e. The summed E-state index contributed by atoms with van der Waals surface area (Å²) < 4.78 is 10.5. The van der Waals surface area contributed by atoms with Crippen molar-refractivity contribution in [2.75, 3.05) is 39.5 Å². The van der Waals surface area contributed by atoms with Crippen molar-refractivity contribution in [2.45, 2.75) is 26.2 Å². The molecule has 7 heteroatoms. The minimum Gasteiger partial charge on any atom is -0.463 e. The number of morpholine rings is 1. The highest BCUT2D eigenvalue weighted by Gasteiger charge is 2.38. The fourth-order valence-corrected chi connectivity index (χ4v) is 3.69. The first-order valence-electron chi connectivity index (χ1n) is 9.61. The summed E-state index contributed by atoms with van der Waals surface area (Å²) in [4.78, 5) is 41.3. The molecule has 1 saturated heterocycles. The fraction of sp³-hybridized carbons (Fsp3) is 0.476. The second kappa shape index (κ2) is 9.01. The molecular formula is C21H26N2O5. The monoisotopic (exact) mass is 386 g/mol. The molecule has 1 atom stereocenters. The van der Waals surface area contributed by atoms with Crippen LogP contribution in [0.2, 0.25) is 0 Å². The van der Waals surface area contributed by atoms with E-state index in [1.807, 2.05) is 30.3 Å². The van der Waals surface area contributed by atoms with E-state index in [1.54, 1.807) is 18.7 Å². The highest BCUT2D eigenvalue weighted by molar-refractivity contribution is 5.97. The van der Waals surface area contributed by atoms with Crippen molar-refractivity contribution in [3.05, 3.63) is 47.2 Å². The Morgan fingerprint density at radius 3 is 2.50 bits per heavy atom. The van der Waals surface area contributed by atoms with E-state index < -0.39 is 5.97 Å². The van der Waals surface area contributed by atoms with E-state index in [-0.39, 0.29) is 37.3 Å². The molecule has 1 aromatic rings. The smallest absolute Gasteiger partial charge is 0.336 e. The molecule has 0 aliphatic carbocycles. The highest BCUT2D eigenvalue weighted by Crippen LogP contribution is 2.36. The lowest BCUT2D eigenvalue weighted by atomic mass is 9.83. The van der Waals surface area contributed by atoms with Crippen LogP contribution in [-0.2, 0) is 23.9 Å². The summed E-state index contributed by atoms with van der Waals surface area (Å²) in [5.41, 5.74) is 1.82. The van der Waals surface area contributed by atoms with Gasteiger partial charge in [-0.3, -0.25) is 9.59 Å². The summed E-state index contributed by atoms with van der Waals surface area (Å²) in [5.74, 6) is -1.12. The predicted octanol–water partition coefficient (Wildman–Crippen LogP) is 1.70. The number of hydrogen-bond acceptors (Lipinski definition) is 5. The first-order chi connectivity index (χ1) is 13.5. The van der Waals surface area contributed by atoms with Gasteiger partial charge in [-0.15, -0.1) is 0 Å². The van der Waals surface area contributed by atoms with Crippen LogP contribution in [0.4, 0.5) is 0 Å². The Balaban J connectivity index is 1.90. The number of amides is 2. The van der Waals surface area contributed by atoms with Gasteiger partial charge in [-0.1, -0.05) is 30.3 Å². The van der Waals surface area contributed by atoms with Crippen molar-refractivity contribution in [2.24, 2.45) is 0 Å². The first kappa shape index (κ1) is 20.1. The standard InChI is InChI=1S/C21H26N2O5/c1-3-28-21(26)20-15(2)23(14-19(25)22-9-11-27-12-10-22)18(24)13-17(20)16-7-5-4-6-8-16/h4-8,17H,3,9-14H2,1-2H3. The molecule has 2 heterocycles. The van der Waals surface area contributed by atoms with Crippen LogP contribution in [-0.4, -0.2) is 67.0 Å². The van der Waals surface area contributed by atoms with E-state index in [2.05, 4.69) is 0 Å². The average molecular weight is 386 g/mol. The van der Waals surface area contributed by atoms with Crippen molar-refractivity contribution < 1.29 is 23.9 Å². The van der Waals surface area contributed by atoms with Gasteiger partial charge in [-0.05, 0) is 19.4 Å². The summed E-state index contributed by atoms with van der Waals surface area (Å²) in [5, 5.41) is 0. The molecule has 7 nitrogen and oxygen atoms in total. The largest absolute Gasteiger partial charge is 0.463 e. The number of carbonyl (C=O) groups excluding carboxylic acids is 3. The van der Waals surface area contributed by atoms with Crippen LogP contribution in [0.3, 0.4) is 0 Å². The number of carbonyl (C=O) groups is 3. The van der Waals surface area contributed by atoms with Crippen LogP contribution in [0.1, 0.15) is 31.7 Å². The summed E-state index contributed by atoms with van der Waals surface area (Å²) >= 11 is 0. The van der Waals surface area contributed by atoms with Crippen molar-refractivity contribution in [1.82, 2.24) is 9.80 Å². The van der Waals surface area contributed by atoms with E-state index in [0.717, 1.165) is 5.56 Å². The van der Waals surface area contributed by atoms with Crippen molar-refractivity contribution >= 4 is 17.8 Å². The lowest BCUT2D eigenvalue weighted by Crippen LogP contribution is -2.48. The van der Waals surface area contributed by atoms with Gasteiger partial charge in [0.05, 0.1) is 25.4 Å². The van der Waals surface area contributed by atoms with Crippen LogP contribution < -0.4 is 0 Å². The van der Waals surface area contributed by atoms with Crippen molar-refractivity contribution in [3.8, 4) is 0 Å². The minimum absolute atomic E-state index is 0.0743. The SMILES string of the molecule is CCOC(=O)C1=C(C)N(CC(=O)N2CCOCC2)C(=O)CC1c1ccccc1. The Hall–Kier alpha value is -2.67. The topological polar surface area (TPSA) is 76.2 Å². The molecule has 1 aromatic carbocycles. The zero-order valence-electron chi connectivity index (χ0n) is 16.3. The lowest BCUT2D eigenvalue weighted by molar-refractivity contribution is -0.144. The van der Waals surface area contributed by atoms with Gasteiger partial charge >= 0.3 is 5.97 Å². The molecule has 3 rings (SSSR count). The van der Waals surface area contributed by atoms with E-state index in [1.165, 1.54) is 4.90 Å². The normalized spacial score (nSPS) is 20.4. The molecule has 2 aliphatic heterocycles. The predicted molar refractivity (Wildman–Crippen MR) is 102 cm³/mol. The quantitative estimate of drug-likeness (QED) is 0.720. The van der Waals surface area contributed by atoms with Gasteiger partial charge in [0.25, 0.3) is 0 Å². The molecule has 2 amide bonds. The number of rotatable bonds is 5. The molecule has 1 unspecified atom stereocenters. The van der Waals surface area contributed by atoms with Gasteiger partial charge in [0.2, 0.25) is 11.8 Å². The molecule has 0 radical (unpaired) electrons. The Labute approximate surface area is 164 Å². The van der Waals surface area contributed by atoms with Crippen molar-refractivity contribution in [1.29, 1.82) is 0 Å². The van der Waals surface area contributed by atoms with Crippen molar-refractivity contribution in [3.63, 3.8) is 0 Å². The molecule has 150 valence electrons. The fourth-order valence-electron chi connectivity index (χ4n) is 3.69. The molecule has 0 bridgehead atoms. The number of benzene rings is 1. The molecule has 2 aliphatic rings. The summed E-state index contributed by atoms with van der Waals surface area (Å²) in [6.45, 7) is 5.66. The summed E-state index contributed by atoms with van der Waals surface area (Å²) in [6, 6.07) is 9.46. The molecule has 0 N–H and O–H groups in total. The number of allylic oxidation sites excluding steroid dienone is 1. The maximum absolute atomic E-state index is 12.9. The second-order valence-corrected chi connectivity index (χ2v) is 6.86. The minimum atomic E-state index is -0.440. The summed E-state index contributed by atoms with van der Waals surface area (Å²) in [7, 11) is 0. The first-order valence-corrected chi connectivity index (χ1v) is 9.61. The van der Waals surface area contributed by atoms with E-state index >= 15 is 0 Å². The van der Waals surface area contributed by atoms with Crippen LogP contribution >= 0.6 is 0 Å². The van der Waals surface area contributed by atoms with Gasteiger partial charge in [0, 0.05) is 31.1 Å². The van der Waals surface area contributed by atoms with Crippen LogP contribution in [0.5, 0.6) is 0 Å². The van der Waals surface area contributed by atoms with Crippen LogP contribution in [0.15, 0.2) is 41.6 Å². The molecule has 0 saturated carbocycles. The van der Waals surface area contributed by atoms with Gasteiger partial charge in [-0.25, -0.2) is 4.79 Å². The second-order valence-electron chi connectivity index (χ2n) is 6.86. The number of hydrogen-bond donors (Lipinski definition) is 0. The third-order valence-corrected chi connectivity index (χ3v) is 5.18. The Morgan fingerprint density at radius 2 is 1.86 bits per heavy atom. The third kappa shape index (κ3) is 4.25.